The van der Waals surface area contributed by atoms with Crippen LogP contribution in [0.5, 0.6) is 0 Å². The Labute approximate surface area is 137 Å². The molecule has 0 bridgehead atoms. The third-order valence-electron chi connectivity index (χ3n) is 3.75. The lowest BCUT2D eigenvalue weighted by Crippen LogP contribution is -2.40. The molecule has 7 heteroatoms. The average Bonchev–Trinajstić information content (AvgIpc) is 2.53. The summed E-state index contributed by atoms with van der Waals surface area (Å²) in [5.74, 6) is -0.0424. The van der Waals surface area contributed by atoms with Gasteiger partial charge in [-0.15, -0.1) is 0 Å². The van der Waals surface area contributed by atoms with Crippen molar-refractivity contribution in [2.45, 2.75) is 25.9 Å². The molecular formula is C15H19BrN4O2. The molecule has 1 aromatic heterocycles. The minimum absolute atomic E-state index is 0.0186. The summed E-state index contributed by atoms with van der Waals surface area (Å²) in [5.41, 5.74) is 6.05. The predicted molar refractivity (Wildman–Crippen MR) is 89.6 cm³/mol. The number of hydrogen-bond donors (Lipinski definition) is 1. The van der Waals surface area contributed by atoms with Gasteiger partial charge in [-0.3, -0.25) is 14.2 Å². The molecule has 2 rings (SSSR count). The van der Waals surface area contributed by atoms with E-state index in [0.717, 1.165) is 4.47 Å². The van der Waals surface area contributed by atoms with Gasteiger partial charge >= 0.3 is 0 Å². The van der Waals surface area contributed by atoms with E-state index >= 15 is 0 Å². The Balaban J connectivity index is 2.17. The summed E-state index contributed by atoms with van der Waals surface area (Å²) in [5, 5.41) is 0.535. The van der Waals surface area contributed by atoms with Gasteiger partial charge in [0.1, 0.15) is 0 Å². The monoisotopic (exact) mass is 366 g/mol. The summed E-state index contributed by atoms with van der Waals surface area (Å²) >= 11 is 3.35. The number of amides is 1. The van der Waals surface area contributed by atoms with Crippen LogP contribution in [0, 0.1) is 0 Å². The standard InChI is InChI=1S/C15H19BrN4O2/c1-10(8-17)19(2)14(21)5-6-20-9-18-13-4-3-11(16)7-12(13)15(20)22/h3-4,7,9-10H,5-6,8,17H2,1-2H3. The highest BCUT2D eigenvalue weighted by molar-refractivity contribution is 9.10. The Morgan fingerprint density at radius 2 is 2.23 bits per heavy atom. The number of aryl methyl sites for hydroxylation is 1. The normalized spacial score (nSPS) is 12.4. The number of rotatable bonds is 5. The number of aromatic nitrogens is 2. The maximum atomic E-state index is 12.4. The quantitative estimate of drug-likeness (QED) is 0.865. The second-order valence-corrected chi connectivity index (χ2v) is 6.16. The molecule has 0 spiro atoms. The fourth-order valence-corrected chi connectivity index (χ4v) is 2.45. The molecule has 0 aliphatic carbocycles. The number of nitrogens with two attached hydrogens (primary N) is 1. The number of benzene rings is 1. The van der Waals surface area contributed by atoms with Crippen molar-refractivity contribution in [1.29, 1.82) is 0 Å². The second kappa shape index (κ2) is 7.02. The van der Waals surface area contributed by atoms with Crippen molar-refractivity contribution < 1.29 is 4.79 Å². The fraction of sp³-hybridized carbons (Fsp3) is 0.400. The molecule has 0 fully saturated rings. The van der Waals surface area contributed by atoms with Gasteiger partial charge < -0.3 is 10.6 Å². The zero-order chi connectivity index (χ0) is 16.3. The number of likely N-dealkylation sites (N-methyl/N-ethyl adjacent to an activating group) is 1. The Bertz CT molecular complexity index is 744. The molecule has 1 amide bonds. The molecule has 2 aromatic rings. The van der Waals surface area contributed by atoms with Crippen LogP contribution in [0.15, 0.2) is 33.8 Å². The van der Waals surface area contributed by atoms with Crippen LogP contribution in [0.25, 0.3) is 10.9 Å². The fourth-order valence-electron chi connectivity index (χ4n) is 2.09. The van der Waals surface area contributed by atoms with Crippen molar-refractivity contribution in [1.82, 2.24) is 14.5 Å². The van der Waals surface area contributed by atoms with E-state index < -0.39 is 0 Å². The van der Waals surface area contributed by atoms with Gasteiger partial charge in [0, 0.05) is 37.1 Å². The SMILES string of the molecule is CC(CN)N(C)C(=O)CCn1cnc2ccc(Br)cc2c1=O. The molecule has 0 radical (unpaired) electrons. The van der Waals surface area contributed by atoms with Crippen molar-refractivity contribution in [3.05, 3.63) is 39.4 Å². The van der Waals surface area contributed by atoms with Crippen LogP contribution >= 0.6 is 15.9 Å². The molecule has 0 aliphatic rings. The van der Waals surface area contributed by atoms with E-state index in [1.165, 1.54) is 10.9 Å². The van der Waals surface area contributed by atoms with Gasteiger partial charge in [-0.1, -0.05) is 15.9 Å². The number of hydrogen-bond acceptors (Lipinski definition) is 4. The first-order valence-electron chi connectivity index (χ1n) is 7.04. The van der Waals surface area contributed by atoms with Crippen molar-refractivity contribution in [2.75, 3.05) is 13.6 Å². The van der Waals surface area contributed by atoms with Crippen LogP contribution in [0.4, 0.5) is 0 Å². The summed E-state index contributed by atoms with van der Waals surface area (Å²) in [6.45, 7) is 2.60. The van der Waals surface area contributed by atoms with Crippen molar-refractivity contribution in [2.24, 2.45) is 5.73 Å². The Morgan fingerprint density at radius 3 is 2.91 bits per heavy atom. The van der Waals surface area contributed by atoms with E-state index in [4.69, 9.17) is 5.73 Å². The molecule has 1 unspecified atom stereocenters. The number of carbonyl (C=O) groups excluding carboxylic acids is 1. The van der Waals surface area contributed by atoms with Gasteiger partial charge in [0.25, 0.3) is 5.56 Å². The van der Waals surface area contributed by atoms with Gasteiger partial charge in [-0.05, 0) is 25.1 Å². The first-order chi connectivity index (χ1) is 10.4. The van der Waals surface area contributed by atoms with Crippen molar-refractivity contribution in [3.63, 3.8) is 0 Å². The van der Waals surface area contributed by atoms with Crippen LogP contribution in [0.1, 0.15) is 13.3 Å². The van der Waals surface area contributed by atoms with Crippen LogP contribution in [0.2, 0.25) is 0 Å². The lowest BCUT2D eigenvalue weighted by molar-refractivity contribution is -0.131. The lowest BCUT2D eigenvalue weighted by atomic mass is 10.2. The number of carbonyl (C=O) groups is 1. The Kier molecular flexibility index (Phi) is 5.31. The van der Waals surface area contributed by atoms with Crippen LogP contribution in [-0.4, -0.2) is 40.0 Å². The first kappa shape index (κ1) is 16.6. The summed E-state index contributed by atoms with van der Waals surface area (Å²) < 4.78 is 2.29. The molecule has 2 N–H and O–H groups in total. The van der Waals surface area contributed by atoms with Gasteiger partial charge in [0.2, 0.25) is 5.91 Å². The summed E-state index contributed by atoms with van der Waals surface area (Å²) in [6.07, 6.45) is 1.72. The Hall–Kier alpha value is -1.73. The van der Waals surface area contributed by atoms with Gasteiger partial charge in [0.15, 0.2) is 0 Å². The third kappa shape index (κ3) is 3.53. The van der Waals surface area contributed by atoms with E-state index in [1.54, 1.807) is 24.1 Å². The van der Waals surface area contributed by atoms with E-state index in [9.17, 15) is 9.59 Å². The van der Waals surface area contributed by atoms with E-state index in [-0.39, 0.29) is 23.9 Å². The number of fused-ring (bicyclic) bond motifs is 1. The molecule has 1 heterocycles. The maximum absolute atomic E-state index is 12.4. The minimum Gasteiger partial charge on any atom is -0.342 e. The largest absolute Gasteiger partial charge is 0.342 e. The molecule has 0 saturated heterocycles. The van der Waals surface area contributed by atoms with Gasteiger partial charge in [-0.25, -0.2) is 4.98 Å². The minimum atomic E-state index is -0.145. The third-order valence-corrected chi connectivity index (χ3v) is 4.24. The molecule has 1 aromatic carbocycles. The highest BCUT2D eigenvalue weighted by Gasteiger charge is 2.14. The molecule has 6 nitrogen and oxygen atoms in total. The zero-order valence-electron chi connectivity index (χ0n) is 12.6. The maximum Gasteiger partial charge on any atom is 0.261 e. The summed E-state index contributed by atoms with van der Waals surface area (Å²) in [4.78, 5) is 30.3. The second-order valence-electron chi connectivity index (χ2n) is 5.24. The smallest absolute Gasteiger partial charge is 0.261 e. The highest BCUT2D eigenvalue weighted by Crippen LogP contribution is 2.14. The van der Waals surface area contributed by atoms with Gasteiger partial charge in [-0.2, -0.15) is 0 Å². The van der Waals surface area contributed by atoms with Crippen molar-refractivity contribution >= 4 is 32.7 Å². The molecular weight excluding hydrogens is 348 g/mol. The Morgan fingerprint density at radius 1 is 1.50 bits per heavy atom. The van der Waals surface area contributed by atoms with E-state index in [2.05, 4.69) is 20.9 Å². The molecule has 1 atom stereocenters. The van der Waals surface area contributed by atoms with E-state index in [1.807, 2.05) is 13.0 Å². The topological polar surface area (TPSA) is 81.2 Å². The van der Waals surface area contributed by atoms with Crippen LogP contribution in [-0.2, 0) is 11.3 Å². The first-order valence-corrected chi connectivity index (χ1v) is 7.83. The molecule has 0 saturated carbocycles. The summed E-state index contributed by atoms with van der Waals surface area (Å²) in [6, 6.07) is 5.35. The average molecular weight is 367 g/mol. The number of nitrogens with zero attached hydrogens (tertiary/aromatic N) is 3. The molecule has 118 valence electrons. The van der Waals surface area contributed by atoms with E-state index in [0.29, 0.717) is 24.0 Å². The molecule has 0 aliphatic heterocycles. The van der Waals surface area contributed by atoms with Crippen LogP contribution < -0.4 is 11.3 Å². The van der Waals surface area contributed by atoms with Crippen LogP contribution in [0.3, 0.4) is 0 Å². The predicted octanol–water partition coefficient (Wildman–Crippen LogP) is 1.35. The lowest BCUT2D eigenvalue weighted by Gasteiger charge is -2.23. The summed E-state index contributed by atoms with van der Waals surface area (Å²) in [7, 11) is 1.72. The molecule has 22 heavy (non-hydrogen) atoms. The zero-order valence-corrected chi connectivity index (χ0v) is 14.2. The number of halogens is 1. The van der Waals surface area contributed by atoms with Crippen molar-refractivity contribution in [3.8, 4) is 0 Å². The van der Waals surface area contributed by atoms with Gasteiger partial charge in [0.05, 0.1) is 17.2 Å². The highest BCUT2D eigenvalue weighted by atomic mass is 79.9.